The Kier molecular flexibility index (Phi) is 8.13. The lowest BCUT2D eigenvalue weighted by Gasteiger charge is -2.52. The van der Waals surface area contributed by atoms with Gasteiger partial charge in [0.05, 0.1) is 18.2 Å². The maximum Gasteiger partial charge on any atom is 0.254 e. The fraction of sp³-hybridized carbons (Fsp3) is 0.567. The molecule has 42 heavy (non-hydrogen) atoms. The van der Waals surface area contributed by atoms with Crippen LogP contribution in [0.2, 0.25) is 0 Å². The van der Waals surface area contributed by atoms with E-state index in [2.05, 4.69) is 31.3 Å². The SMILES string of the molecule is CN(C)c1cc(CNCC(C)(C)C)c(O)c2c1C[C@H]1CC3[C@H](N(C)C)C(N=O)=C(C(N)=O)C(=O)[C@@]3(CO)C(O)=C1C2=O. The number of nitrogens with two attached hydrogens (primary N) is 1. The summed E-state index contributed by atoms with van der Waals surface area (Å²) in [5.41, 5.74) is 4.12. The van der Waals surface area contributed by atoms with Crippen molar-refractivity contribution in [3.63, 3.8) is 0 Å². The minimum Gasteiger partial charge on any atom is -0.511 e. The van der Waals surface area contributed by atoms with Crippen LogP contribution in [0.4, 0.5) is 5.69 Å². The summed E-state index contributed by atoms with van der Waals surface area (Å²) in [6, 6.07) is 0.892. The average Bonchev–Trinajstić information content (AvgIpc) is 2.88. The molecule has 0 heterocycles. The lowest BCUT2D eigenvalue weighted by molar-refractivity contribution is -0.137. The van der Waals surface area contributed by atoms with Gasteiger partial charge in [0, 0.05) is 49.9 Å². The number of allylic oxidation sites excluding steroid dienone is 1. The van der Waals surface area contributed by atoms with Crippen molar-refractivity contribution in [3.8, 4) is 5.75 Å². The second-order valence-corrected chi connectivity index (χ2v) is 13.2. The predicted octanol–water partition coefficient (Wildman–Crippen LogP) is 1.78. The zero-order valence-electron chi connectivity index (χ0n) is 25.2. The molecule has 4 atom stereocenters. The smallest absolute Gasteiger partial charge is 0.254 e. The summed E-state index contributed by atoms with van der Waals surface area (Å²) < 4.78 is 0. The molecule has 1 unspecified atom stereocenters. The molecule has 0 fully saturated rings. The number of hydrogen-bond donors (Lipinski definition) is 5. The molecule has 6 N–H and O–H groups in total. The quantitative estimate of drug-likeness (QED) is 0.223. The predicted molar refractivity (Wildman–Crippen MR) is 157 cm³/mol. The third-order valence-electron chi connectivity index (χ3n) is 8.80. The van der Waals surface area contributed by atoms with Crippen LogP contribution in [0.25, 0.3) is 0 Å². The van der Waals surface area contributed by atoms with Gasteiger partial charge in [0.1, 0.15) is 28.2 Å². The number of aliphatic hydroxyl groups excluding tert-OH is 2. The van der Waals surface area contributed by atoms with Crippen molar-refractivity contribution in [2.24, 2.45) is 33.6 Å². The Bertz CT molecular complexity index is 1420. The summed E-state index contributed by atoms with van der Waals surface area (Å²) in [6.45, 7) is 6.24. The summed E-state index contributed by atoms with van der Waals surface area (Å²) in [4.78, 5) is 56.0. The van der Waals surface area contributed by atoms with Gasteiger partial charge in [0.25, 0.3) is 5.91 Å². The molecule has 3 aliphatic rings. The fourth-order valence-corrected chi connectivity index (χ4v) is 6.96. The third-order valence-corrected chi connectivity index (χ3v) is 8.80. The van der Waals surface area contributed by atoms with Crippen molar-refractivity contribution >= 4 is 23.2 Å². The van der Waals surface area contributed by atoms with E-state index in [9.17, 15) is 34.6 Å². The Balaban J connectivity index is 1.95. The molecule has 0 saturated heterocycles. The first-order valence-electron chi connectivity index (χ1n) is 14.0. The third kappa shape index (κ3) is 4.71. The molecule has 12 nitrogen and oxygen atoms in total. The first-order valence-corrected chi connectivity index (χ1v) is 14.0. The first kappa shape index (κ1) is 31.3. The minimum atomic E-state index is -2.10. The van der Waals surface area contributed by atoms with Gasteiger partial charge in [-0.2, -0.15) is 0 Å². The molecule has 4 rings (SSSR count). The van der Waals surface area contributed by atoms with Crippen molar-refractivity contribution < 1.29 is 29.7 Å². The van der Waals surface area contributed by atoms with Crippen molar-refractivity contribution in [1.29, 1.82) is 0 Å². The number of hydrogen-bond acceptors (Lipinski definition) is 11. The molecular weight excluding hydrogens is 542 g/mol. The van der Waals surface area contributed by atoms with Gasteiger partial charge in [-0.3, -0.25) is 14.4 Å². The number of fused-ring (bicyclic) bond motifs is 3. The lowest BCUT2D eigenvalue weighted by atomic mass is 9.53. The first-order chi connectivity index (χ1) is 19.5. The van der Waals surface area contributed by atoms with Crippen LogP contribution in [0.3, 0.4) is 0 Å². The van der Waals surface area contributed by atoms with Gasteiger partial charge in [-0.1, -0.05) is 20.8 Å². The van der Waals surface area contributed by atoms with Crippen LogP contribution >= 0.6 is 0 Å². The van der Waals surface area contributed by atoms with Crippen molar-refractivity contribution in [1.82, 2.24) is 10.2 Å². The lowest BCUT2D eigenvalue weighted by Crippen LogP contribution is -2.61. The summed E-state index contributed by atoms with van der Waals surface area (Å²) >= 11 is 0. The number of phenols is 1. The normalized spacial score (nSPS) is 25.8. The summed E-state index contributed by atoms with van der Waals surface area (Å²) in [5.74, 6) is -5.29. The number of rotatable bonds is 8. The fourth-order valence-electron chi connectivity index (χ4n) is 6.96. The summed E-state index contributed by atoms with van der Waals surface area (Å²) in [5, 5.41) is 40.3. The van der Waals surface area contributed by atoms with E-state index in [-0.39, 0.29) is 40.8 Å². The Morgan fingerprint density at radius 1 is 1.19 bits per heavy atom. The number of phenolic OH excluding ortho intramolecular Hbond substituents is 1. The highest BCUT2D eigenvalue weighted by Gasteiger charge is 2.63. The molecule has 1 aromatic carbocycles. The number of aliphatic hydroxyl groups is 2. The molecule has 1 aromatic rings. The maximum atomic E-state index is 14.2. The van der Waals surface area contributed by atoms with Crippen molar-refractivity contribution in [2.45, 2.75) is 46.2 Å². The molecule has 0 radical (unpaired) electrons. The highest BCUT2D eigenvalue weighted by Crippen LogP contribution is 2.57. The van der Waals surface area contributed by atoms with Crippen LogP contribution in [0.15, 0.2) is 33.8 Å². The Morgan fingerprint density at radius 2 is 1.83 bits per heavy atom. The van der Waals surface area contributed by atoms with E-state index in [1.54, 1.807) is 19.0 Å². The number of carbonyl (C=O) groups is 3. The number of nitrogens with one attached hydrogen (secondary N) is 1. The number of carbonyl (C=O) groups excluding carboxylic acids is 3. The second kappa shape index (κ2) is 10.9. The number of amides is 1. The molecule has 0 saturated carbocycles. The number of nitrogens with zero attached hydrogens (tertiary/aromatic N) is 3. The Hall–Kier alpha value is -3.61. The van der Waals surface area contributed by atoms with Crippen LogP contribution in [-0.2, 0) is 22.6 Å². The van der Waals surface area contributed by atoms with E-state index in [0.717, 1.165) is 5.69 Å². The van der Waals surface area contributed by atoms with Crippen molar-refractivity contribution in [2.75, 3.05) is 46.2 Å². The van der Waals surface area contributed by atoms with Crippen molar-refractivity contribution in [3.05, 3.63) is 50.3 Å². The van der Waals surface area contributed by atoms with Crippen LogP contribution in [0.1, 0.15) is 48.7 Å². The van der Waals surface area contributed by atoms with Crippen LogP contribution in [0.5, 0.6) is 5.75 Å². The molecule has 1 amide bonds. The zero-order valence-corrected chi connectivity index (χ0v) is 25.2. The number of primary amides is 1. The topological polar surface area (TPSA) is 186 Å². The number of nitroso groups, excluding NO2 is 1. The zero-order chi connectivity index (χ0) is 31.5. The number of benzene rings is 1. The van der Waals surface area contributed by atoms with E-state index in [4.69, 9.17) is 5.73 Å². The molecule has 0 aromatic heterocycles. The minimum absolute atomic E-state index is 0.0144. The van der Waals surface area contributed by atoms with Gasteiger partial charge in [-0.05, 0) is 55.1 Å². The summed E-state index contributed by atoms with van der Waals surface area (Å²) in [7, 11) is 6.93. The van der Waals surface area contributed by atoms with Gasteiger partial charge in [0.2, 0.25) is 0 Å². The van der Waals surface area contributed by atoms with Crippen LogP contribution in [-0.4, -0.2) is 85.1 Å². The molecule has 0 spiro atoms. The van der Waals surface area contributed by atoms with Gasteiger partial charge in [-0.15, -0.1) is 4.91 Å². The molecule has 0 bridgehead atoms. The van der Waals surface area contributed by atoms with E-state index >= 15 is 0 Å². The highest BCUT2D eigenvalue weighted by atomic mass is 16.3. The number of aromatic hydroxyl groups is 1. The van der Waals surface area contributed by atoms with Crippen LogP contribution in [0, 0.1) is 27.6 Å². The number of anilines is 1. The summed E-state index contributed by atoms with van der Waals surface area (Å²) in [6.07, 6.45) is 0.368. The van der Waals surface area contributed by atoms with E-state index in [1.165, 1.54) is 0 Å². The van der Waals surface area contributed by atoms with Crippen LogP contribution < -0.4 is 16.0 Å². The molecule has 3 aliphatic carbocycles. The van der Waals surface area contributed by atoms with Gasteiger partial charge < -0.3 is 36.2 Å². The van der Waals surface area contributed by atoms with E-state index in [0.29, 0.717) is 24.2 Å². The number of ketones is 2. The van der Waals surface area contributed by atoms with Gasteiger partial charge in [-0.25, -0.2) is 0 Å². The van der Waals surface area contributed by atoms with E-state index in [1.807, 2.05) is 25.1 Å². The highest BCUT2D eigenvalue weighted by molar-refractivity contribution is 6.24. The monoisotopic (exact) mass is 583 g/mol. The van der Waals surface area contributed by atoms with Gasteiger partial charge in [0.15, 0.2) is 11.6 Å². The number of Topliss-reactive ketones (excluding diaryl/α,β-unsaturated/α-hetero) is 2. The second-order valence-electron chi connectivity index (χ2n) is 13.2. The number of likely N-dealkylation sites (N-methyl/N-ethyl adjacent to an activating group) is 1. The van der Waals surface area contributed by atoms with E-state index < -0.39 is 58.7 Å². The molecular formula is C30H41N5O7. The Morgan fingerprint density at radius 3 is 2.33 bits per heavy atom. The molecule has 228 valence electrons. The molecule has 0 aliphatic heterocycles. The Labute approximate surface area is 245 Å². The standard InChI is InChI=1S/C30H41N5O7/c1-29(2,3)12-32-11-15-10-18(34(4)5)16-8-14-9-17-23(35(6)7)22(33-42)21(28(31)41)27(40)30(17,13-36)26(39)19(14)25(38)20(16)24(15)37/h10,14,17,23,32,36-37,39H,8-9,11-13H2,1-7H3,(H2,31,41)/t14-,17?,23-,30+/m0/s1. The average molecular weight is 584 g/mol. The molecule has 12 heteroatoms. The van der Waals surface area contributed by atoms with Gasteiger partial charge >= 0.3 is 0 Å². The maximum absolute atomic E-state index is 14.2. The largest absolute Gasteiger partial charge is 0.511 e.